The van der Waals surface area contributed by atoms with Crippen molar-refractivity contribution in [3.05, 3.63) is 69.1 Å². The highest BCUT2D eigenvalue weighted by Gasteiger charge is 2.17. The molecule has 2 aromatic heterocycles. The molecule has 0 saturated heterocycles. The first-order chi connectivity index (χ1) is 13.3. The van der Waals surface area contributed by atoms with Crippen LogP contribution >= 0.6 is 11.6 Å². The number of aromatic amines is 1. The van der Waals surface area contributed by atoms with Gasteiger partial charge in [0.2, 0.25) is 5.91 Å². The molecular weight excluding hydrogens is 376 g/mol. The van der Waals surface area contributed by atoms with E-state index in [0.29, 0.717) is 16.2 Å². The third-order valence-electron chi connectivity index (χ3n) is 4.96. The molecule has 4 rings (SSSR count). The molecule has 0 atom stereocenters. The van der Waals surface area contributed by atoms with Crippen molar-refractivity contribution in [2.24, 2.45) is 0 Å². The van der Waals surface area contributed by atoms with Crippen LogP contribution < -0.4 is 10.5 Å². The zero-order valence-corrected chi connectivity index (χ0v) is 16.5. The number of anilines is 1. The second-order valence-corrected chi connectivity index (χ2v) is 7.39. The monoisotopic (exact) mass is 394 g/mol. The Bertz CT molecular complexity index is 1290. The zero-order chi connectivity index (χ0) is 20.0. The van der Waals surface area contributed by atoms with Crippen LogP contribution in [0.25, 0.3) is 21.8 Å². The Hall–Kier alpha value is -3.12. The third-order valence-corrected chi connectivity index (χ3v) is 5.20. The first-order valence-electron chi connectivity index (χ1n) is 8.86. The molecule has 0 unspecified atom stereocenters. The summed E-state index contributed by atoms with van der Waals surface area (Å²) in [6.45, 7) is 3.74. The van der Waals surface area contributed by atoms with Gasteiger partial charge in [-0.15, -0.1) is 0 Å². The number of H-pyrrole nitrogens is 1. The Morgan fingerprint density at radius 2 is 1.96 bits per heavy atom. The molecule has 0 saturated carbocycles. The lowest BCUT2D eigenvalue weighted by atomic mass is 10.1. The number of aromatic nitrogens is 3. The highest BCUT2D eigenvalue weighted by Crippen LogP contribution is 2.25. The van der Waals surface area contributed by atoms with E-state index in [4.69, 9.17) is 11.6 Å². The Morgan fingerprint density at radius 1 is 1.18 bits per heavy atom. The molecule has 0 aliphatic heterocycles. The molecule has 6 nitrogen and oxygen atoms in total. The topological polar surface area (TPSA) is 71.0 Å². The summed E-state index contributed by atoms with van der Waals surface area (Å²) >= 11 is 6.06. The average Bonchev–Trinajstić information content (AvgIpc) is 3.04. The molecule has 0 spiro atoms. The molecule has 28 heavy (non-hydrogen) atoms. The van der Waals surface area contributed by atoms with Gasteiger partial charge in [-0.05, 0) is 43.7 Å². The Balaban J connectivity index is 1.70. The van der Waals surface area contributed by atoms with Crippen LogP contribution in [0.15, 0.2) is 47.4 Å². The summed E-state index contributed by atoms with van der Waals surface area (Å²) in [5.41, 5.74) is 3.72. The summed E-state index contributed by atoms with van der Waals surface area (Å²) < 4.78 is 1.18. The minimum Gasteiger partial charge on any atom is -0.350 e. The van der Waals surface area contributed by atoms with Gasteiger partial charge in [0, 0.05) is 34.0 Å². The van der Waals surface area contributed by atoms with Crippen molar-refractivity contribution in [3.8, 4) is 0 Å². The number of aryl methyl sites for hydroxylation is 2. The molecular formula is C21H19ClN4O2. The fourth-order valence-electron chi connectivity index (χ4n) is 3.36. The molecule has 0 bridgehead atoms. The fraction of sp³-hybridized carbons (Fsp3) is 0.190. The van der Waals surface area contributed by atoms with Crippen LogP contribution in [0.1, 0.15) is 11.1 Å². The minimum absolute atomic E-state index is 0.161. The van der Waals surface area contributed by atoms with Gasteiger partial charge in [-0.2, -0.15) is 5.10 Å². The first kappa shape index (κ1) is 18.3. The number of carbonyl (C=O) groups is 1. The van der Waals surface area contributed by atoms with Crippen molar-refractivity contribution < 1.29 is 4.79 Å². The van der Waals surface area contributed by atoms with Crippen LogP contribution in [0.2, 0.25) is 5.02 Å². The van der Waals surface area contributed by atoms with Crippen molar-refractivity contribution in [1.82, 2.24) is 14.8 Å². The summed E-state index contributed by atoms with van der Waals surface area (Å²) in [6.07, 6.45) is 1.63. The predicted molar refractivity (Wildman–Crippen MR) is 112 cm³/mol. The minimum atomic E-state index is -0.323. The van der Waals surface area contributed by atoms with E-state index < -0.39 is 0 Å². The standard InChI is InChI=1S/C21H19ClN4O2/c1-12-4-7-17-15(8-12)16-10-23-26(21(28)20(16)24-17)11-19(27)25(3)18-9-14(22)6-5-13(18)2/h4-10,24H,11H2,1-3H3. The SMILES string of the molecule is Cc1ccc2[nH]c3c(=O)n(CC(=O)N(C)c4cc(Cl)ccc4C)ncc3c2c1. The summed E-state index contributed by atoms with van der Waals surface area (Å²) in [5.74, 6) is -0.258. The lowest BCUT2D eigenvalue weighted by Gasteiger charge is -2.20. The predicted octanol–water partition coefficient (Wildman–Crippen LogP) is 3.81. The molecule has 142 valence electrons. The molecule has 2 heterocycles. The van der Waals surface area contributed by atoms with Crippen molar-refractivity contribution in [2.75, 3.05) is 11.9 Å². The van der Waals surface area contributed by atoms with Crippen molar-refractivity contribution in [3.63, 3.8) is 0 Å². The number of amides is 1. The maximum absolute atomic E-state index is 12.9. The van der Waals surface area contributed by atoms with Gasteiger partial charge in [-0.25, -0.2) is 4.68 Å². The normalized spacial score (nSPS) is 11.3. The van der Waals surface area contributed by atoms with Crippen molar-refractivity contribution in [2.45, 2.75) is 20.4 Å². The van der Waals surface area contributed by atoms with Crippen LogP contribution in [0.4, 0.5) is 5.69 Å². The molecule has 7 heteroatoms. The number of hydrogen-bond acceptors (Lipinski definition) is 3. The summed E-state index contributed by atoms with van der Waals surface area (Å²) in [7, 11) is 1.66. The number of nitrogens with one attached hydrogen (secondary N) is 1. The molecule has 1 N–H and O–H groups in total. The molecule has 1 amide bonds. The zero-order valence-electron chi connectivity index (χ0n) is 15.8. The van der Waals surface area contributed by atoms with Crippen LogP contribution in [-0.2, 0) is 11.3 Å². The quantitative estimate of drug-likeness (QED) is 0.574. The summed E-state index contributed by atoms with van der Waals surface area (Å²) in [4.78, 5) is 30.3. The maximum Gasteiger partial charge on any atom is 0.291 e. The van der Waals surface area contributed by atoms with E-state index in [-0.39, 0.29) is 18.0 Å². The summed E-state index contributed by atoms with van der Waals surface area (Å²) in [5, 5.41) is 6.48. The smallest absolute Gasteiger partial charge is 0.291 e. The molecule has 4 aromatic rings. The van der Waals surface area contributed by atoms with Gasteiger partial charge >= 0.3 is 0 Å². The van der Waals surface area contributed by atoms with Crippen molar-refractivity contribution in [1.29, 1.82) is 0 Å². The average molecular weight is 395 g/mol. The Kier molecular flexibility index (Phi) is 4.43. The van der Waals surface area contributed by atoms with E-state index in [1.54, 1.807) is 25.4 Å². The Labute approximate surface area is 166 Å². The summed E-state index contributed by atoms with van der Waals surface area (Å²) in [6, 6.07) is 11.3. The van der Waals surface area contributed by atoms with Gasteiger partial charge < -0.3 is 9.88 Å². The van der Waals surface area contributed by atoms with Gasteiger partial charge in [-0.3, -0.25) is 9.59 Å². The number of halogens is 1. The molecule has 2 aromatic carbocycles. The van der Waals surface area contributed by atoms with Crippen LogP contribution in [0.5, 0.6) is 0 Å². The second kappa shape index (κ2) is 6.80. The van der Waals surface area contributed by atoms with Crippen LogP contribution in [0.3, 0.4) is 0 Å². The number of nitrogens with zero attached hydrogens (tertiary/aromatic N) is 3. The highest BCUT2D eigenvalue weighted by molar-refractivity contribution is 6.31. The lowest BCUT2D eigenvalue weighted by molar-refractivity contribution is -0.119. The van der Waals surface area contributed by atoms with Gasteiger partial charge in [0.05, 0.1) is 6.20 Å². The van der Waals surface area contributed by atoms with E-state index in [1.807, 2.05) is 38.1 Å². The highest BCUT2D eigenvalue weighted by atomic mass is 35.5. The molecule has 0 radical (unpaired) electrons. The fourth-order valence-corrected chi connectivity index (χ4v) is 3.53. The largest absolute Gasteiger partial charge is 0.350 e. The van der Waals surface area contributed by atoms with Crippen LogP contribution in [0, 0.1) is 13.8 Å². The molecule has 0 aliphatic carbocycles. The molecule has 0 fully saturated rings. The van der Waals surface area contributed by atoms with Crippen LogP contribution in [-0.4, -0.2) is 27.7 Å². The number of benzene rings is 2. The number of likely N-dealkylation sites (N-methyl/N-ethyl adjacent to an activating group) is 1. The lowest BCUT2D eigenvalue weighted by Crippen LogP contribution is -2.35. The Morgan fingerprint density at radius 3 is 2.75 bits per heavy atom. The molecule has 0 aliphatic rings. The van der Waals surface area contributed by atoms with E-state index in [2.05, 4.69) is 10.1 Å². The number of rotatable bonds is 3. The van der Waals surface area contributed by atoms with E-state index >= 15 is 0 Å². The van der Waals surface area contributed by atoms with E-state index in [0.717, 1.165) is 27.4 Å². The van der Waals surface area contributed by atoms with Gasteiger partial charge in [0.15, 0.2) is 0 Å². The van der Waals surface area contributed by atoms with E-state index in [1.165, 1.54) is 9.58 Å². The third kappa shape index (κ3) is 3.05. The second-order valence-electron chi connectivity index (χ2n) is 6.95. The maximum atomic E-state index is 12.9. The van der Waals surface area contributed by atoms with E-state index in [9.17, 15) is 9.59 Å². The number of carbonyl (C=O) groups excluding carboxylic acids is 1. The van der Waals surface area contributed by atoms with Crippen molar-refractivity contribution >= 4 is 45.0 Å². The first-order valence-corrected chi connectivity index (χ1v) is 9.24. The van der Waals surface area contributed by atoms with Gasteiger partial charge in [0.1, 0.15) is 12.1 Å². The van der Waals surface area contributed by atoms with Gasteiger partial charge in [-0.1, -0.05) is 29.3 Å². The number of hydrogen-bond donors (Lipinski definition) is 1. The van der Waals surface area contributed by atoms with Gasteiger partial charge in [0.25, 0.3) is 5.56 Å². The number of fused-ring (bicyclic) bond motifs is 3.